The zero-order chi connectivity index (χ0) is 44.7. The van der Waals surface area contributed by atoms with Crippen LogP contribution in [0.15, 0.2) is 81.4 Å². The minimum atomic E-state index is -0.849. The predicted octanol–water partition coefficient (Wildman–Crippen LogP) is 7.39. The molecule has 1 atom stereocenters. The third-order valence-corrected chi connectivity index (χ3v) is 14.4. The Hall–Kier alpha value is -6.59. The Morgan fingerprint density at radius 3 is 2.54 bits per heavy atom. The van der Waals surface area contributed by atoms with Gasteiger partial charge in [0.2, 0.25) is 0 Å². The lowest BCUT2D eigenvalue weighted by Gasteiger charge is -2.35. The van der Waals surface area contributed by atoms with E-state index >= 15 is 13.6 Å². The highest BCUT2D eigenvalue weighted by molar-refractivity contribution is 6.37. The van der Waals surface area contributed by atoms with Crippen molar-refractivity contribution in [1.29, 1.82) is 0 Å². The number of halogens is 3. The molecule has 2 saturated carbocycles. The van der Waals surface area contributed by atoms with Crippen molar-refractivity contribution in [2.45, 2.75) is 88.2 Å². The van der Waals surface area contributed by atoms with Crippen molar-refractivity contribution in [2.75, 3.05) is 13.2 Å². The first-order valence-electron chi connectivity index (χ1n) is 22.0. The first-order valence-corrected chi connectivity index (χ1v) is 22.3. The zero-order valence-electron chi connectivity index (χ0n) is 35.8. The first-order chi connectivity index (χ1) is 31.3. The normalized spacial score (nSPS) is 19.0. The number of carbonyl (C=O) groups excluding carboxylic acids is 1. The molecule has 2 aliphatic carbocycles. The number of benzene rings is 2. The maximum atomic E-state index is 16.1. The van der Waals surface area contributed by atoms with Gasteiger partial charge in [-0.25, -0.2) is 23.1 Å². The van der Waals surface area contributed by atoms with Crippen molar-refractivity contribution in [3.8, 4) is 17.2 Å². The Morgan fingerprint density at radius 1 is 0.969 bits per heavy atom. The number of carbonyl (C=O) groups is 1. The molecule has 18 heteroatoms. The molecule has 1 N–H and O–H groups in total. The summed E-state index contributed by atoms with van der Waals surface area (Å²) in [4.78, 5) is 46.8. The van der Waals surface area contributed by atoms with Crippen molar-refractivity contribution in [2.24, 2.45) is 7.05 Å². The van der Waals surface area contributed by atoms with Crippen LogP contribution < -0.4 is 11.4 Å². The van der Waals surface area contributed by atoms with Crippen LogP contribution in [0.3, 0.4) is 0 Å². The summed E-state index contributed by atoms with van der Waals surface area (Å²) in [5.41, 5.74) is 3.89. The summed E-state index contributed by atoms with van der Waals surface area (Å²) in [5.74, 6) is -0.993. The molecule has 0 unspecified atom stereocenters. The minimum absolute atomic E-state index is 0.0337. The van der Waals surface area contributed by atoms with E-state index in [9.17, 15) is 9.59 Å². The standard InChI is InChI=1S/C47H43ClF2N10O5/c1-46(2)22-27(12-19-64-46)26-10-16-57-36(20-26)38(48)37(40(57)47(13-14-47)43-52-44(62)65-54-43)42(61)56-15-11-33-31(24-56)41(60(53-33)28-6-7-32(49)29(21-28)25-4-5-25)59-18-17-58(45(59)63)35-9-8-34-30(39(35)50)23-51-55(34)3/h6-10,16-18,20-21,23,25,27H,4-5,11-15,19,22,24H2,1-3H3,(H,52,54,62)/t27-/m1/s1. The summed E-state index contributed by atoms with van der Waals surface area (Å²) in [5, 5.41) is 13.9. The molecular weight excluding hydrogens is 858 g/mol. The van der Waals surface area contributed by atoms with Gasteiger partial charge in [0.15, 0.2) is 11.6 Å². The highest BCUT2D eigenvalue weighted by Gasteiger charge is 2.54. The van der Waals surface area contributed by atoms with Gasteiger partial charge in [-0.05, 0) is 118 Å². The van der Waals surface area contributed by atoms with E-state index in [1.807, 2.05) is 10.6 Å². The second-order valence-corrected chi connectivity index (χ2v) is 19.0. The zero-order valence-corrected chi connectivity index (χ0v) is 36.5. The number of pyridine rings is 1. The summed E-state index contributed by atoms with van der Waals surface area (Å²) in [7, 11) is 1.72. The molecule has 65 heavy (non-hydrogen) atoms. The van der Waals surface area contributed by atoms with Gasteiger partial charge in [0.1, 0.15) is 11.6 Å². The van der Waals surface area contributed by atoms with E-state index in [2.05, 4.69) is 41.2 Å². The van der Waals surface area contributed by atoms with E-state index < -0.39 is 22.7 Å². The summed E-state index contributed by atoms with van der Waals surface area (Å²) in [6, 6.07) is 12.2. The molecule has 3 fully saturated rings. The smallest absolute Gasteiger partial charge is 0.376 e. The lowest BCUT2D eigenvalue weighted by atomic mass is 9.84. The van der Waals surface area contributed by atoms with Crippen LogP contribution >= 0.6 is 11.6 Å². The van der Waals surface area contributed by atoms with E-state index in [1.165, 1.54) is 33.7 Å². The molecule has 0 bridgehead atoms. The third-order valence-electron chi connectivity index (χ3n) is 14.0. The Morgan fingerprint density at radius 2 is 1.78 bits per heavy atom. The van der Waals surface area contributed by atoms with Crippen LogP contribution in [0.5, 0.6) is 0 Å². The lowest BCUT2D eigenvalue weighted by molar-refractivity contribution is -0.0593. The number of aryl methyl sites for hydroxylation is 1. The van der Waals surface area contributed by atoms with Crippen molar-refractivity contribution in [3.05, 3.63) is 144 Å². The molecule has 8 heterocycles. The van der Waals surface area contributed by atoms with E-state index in [0.29, 0.717) is 76.7 Å². The Balaban J connectivity index is 0.990. The second kappa shape index (κ2) is 14.2. The molecule has 0 radical (unpaired) electrons. The highest BCUT2D eigenvalue weighted by atomic mass is 35.5. The van der Waals surface area contributed by atoms with Gasteiger partial charge in [-0.2, -0.15) is 10.2 Å². The topological polar surface area (TPSA) is 155 Å². The number of hydrogen-bond acceptors (Lipinski definition) is 8. The van der Waals surface area contributed by atoms with Gasteiger partial charge in [-0.1, -0.05) is 16.8 Å². The van der Waals surface area contributed by atoms with Crippen LogP contribution in [0.25, 0.3) is 33.6 Å². The molecule has 0 spiro atoms. The molecule has 8 aromatic rings. The van der Waals surface area contributed by atoms with Gasteiger partial charge >= 0.3 is 11.4 Å². The van der Waals surface area contributed by atoms with Crippen molar-refractivity contribution >= 4 is 33.9 Å². The van der Waals surface area contributed by atoms with Gasteiger partial charge in [-0.15, -0.1) is 0 Å². The maximum absolute atomic E-state index is 16.1. The summed E-state index contributed by atoms with van der Waals surface area (Å²) in [6.07, 6.45) is 11.3. The van der Waals surface area contributed by atoms with Crippen LogP contribution in [0.4, 0.5) is 8.78 Å². The lowest BCUT2D eigenvalue weighted by Crippen LogP contribution is -2.37. The maximum Gasteiger partial charge on any atom is 0.438 e. The third kappa shape index (κ3) is 6.21. The second-order valence-electron chi connectivity index (χ2n) is 18.6. The minimum Gasteiger partial charge on any atom is -0.376 e. The predicted molar refractivity (Wildman–Crippen MR) is 235 cm³/mol. The molecule has 1 amide bonds. The number of amides is 1. The number of ether oxygens (including phenoxy) is 1. The number of hydrogen-bond donors (Lipinski definition) is 1. The molecule has 6 aromatic heterocycles. The number of nitrogens with one attached hydrogen (secondary N) is 1. The highest BCUT2D eigenvalue weighted by Crippen LogP contribution is 2.55. The largest absolute Gasteiger partial charge is 0.438 e. The molecule has 12 rings (SSSR count). The van der Waals surface area contributed by atoms with Gasteiger partial charge < -0.3 is 14.0 Å². The van der Waals surface area contributed by atoms with Crippen LogP contribution in [0.2, 0.25) is 5.02 Å². The Labute approximate surface area is 373 Å². The molecule has 1 saturated heterocycles. The van der Waals surface area contributed by atoms with Gasteiger partial charge in [0.25, 0.3) is 5.91 Å². The number of rotatable bonds is 8. The Kier molecular flexibility index (Phi) is 8.73. The SMILES string of the molecule is Cn1ncc2c(F)c(-n3ccn(-c4c5c(nn4-c4ccc(F)c(C6CC6)c4)CCN(C(=O)c4c(Cl)c6cc([C@@H]7CCOC(C)(C)C7)ccn6c4C4(c6noc(=O)[nH]6)CC4)C5)c3=O)ccc21. The number of nitrogens with zero attached hydrogens (tertiary/aromatic N) is 9. The Bertz CT molecular complexity index is 3410. The number of aromatic amines is 1. The van der Waals surface area contributed by atoms with E-state index in [0.717, 1.165) is 31.2 Å². The van der Waals surface area contributed by atoms with E-state index in [-0.39, 0.29) is 63.9 Å². The van der Waals surface area contributed by atoms with E-state index in [1.54, 1.807) is 45.7 Å². The average molecular weight is 901 g/mol. The average Bonchev–Trinajstić information content (AvgIpc) is 4.08. The van der Waals surface area contributed by atoms with Crippen molar-refractivity contribution in [1.82, 2.24) is 48.1 Å². The number of aromatic nitrogens is 9. The van der Waals surface area contributed by atoms with E-state index in [4.69, 9.17) is 26.0 Å². The van der Waals surface area contributed by atoms with Crippen molar-refractivity contribution in [3.63, 3.8) is 0 Å². The van der Waals surface area contributed by atoms with Crippen LogP contribution in [-0.4, -0.2) is 72.8 Å². The fourth-order valence-electron chi connectivity index (χ4n) is 10.4. The first kappa shape index (κ1) is 40.0. The van der Waals surface area contributed by atoms with Crippen molar-refractivity contribution < 1.29 is 22.8 Å². The fourth-order valence-corrected chi connectivity index (χ4v) is 10.7. The van der Waals surface area contributed by atoms with Crippen LogP contribution in [0, 0.1) is 11.6 Å². The molecule has 15 nitrogen and oxygen atoms in total. The monoisotopic (exact) mass is 900 g/mol. The summed E-state index contributed by atoms with van der Waals surface area (Å²) >= 11 is 7.43. The quantitative estimate of drug-likeness (QED) is 0.166. The molecule has 2 aliphatic heterocycles. The number of fused-ring (bicyclic) bond motifs is 3. The molecule has 332 valence electrons. The molecule has 2 aromatic carbocycles. The van der Waals surface area contributed by atoms with Crippen LogP contribution in [0.1, 0.15) is 108 Å². The van der Waals surface area contributed by atoms with Crippen LogP contribution in [-0.2, 0) is 30.2 Å². The summed E-state index contributed by atoms with van der Waals surface area (Å²) in [6.45, 7) is 5.11. The van der Waals surface area contributed by atoms with Gasteiger partial charge in [-0.3, -0.25) is 28.1 Å². The molecule has 4 aliphatic rings. The van der Waals surface area contributed by atoms with Gasteiger partial charge in [0.05, 0.1) is 73.5 Å². The number of imidazole rings is 1. The van der Waals surface area contributed by atoms with Gasteiger partial charge in [0, 0.05) is 50.8 Å². The molecular formula is C47H43ClF2N10O5. The number of H-pyrrole nitrogens is 1. The summed E-state index contributed by atoms with van der Waals surface area (Å²) < 4.78 is 50.1. The fraction of sp³-hybridized carbons (Fsp3) is 0.362.